The van der Waals surface area contributed by atoms with Crippen molar-refractivity contribution in [3.8, 4) is 23.0 Å². The third kappa shape index (κ3) is 3.49. The first-order valence-electron chi connectivity index (χ1n) is 15.1. The Labute approximate surface area is 257 Å². The number of aromatic nitrogens is 4. The monoisotopic (exact) mass is 576 g/mol. The van der Waals surface area contributed by atoms with E-state index in [0.717, 1.165) is 50.2 Å². The average Bonchev–Trinajstić information content (AvgIpc) is 3.78. The second-order valence-electron chi connectivity index (χ2n) is 11.5. The second-order valence-corrected chi connectivity index (χ2v) is 11.5. The quantitative estimate of drug-likeness (QED) is 0.210. The molecule has 210 valence electrons. The standard InChI is InChI=1S/C40H24N4O/c1-2-10-28-25(9-1)17-21-34-39(28)31-20-18-27(24-36(31)44(34)38-15-7-8-22-41-38)43-33-13-5-3-11-29(33)30-19-16-26(23-35(30)43)40-42-32-12-4-6-14-37(32)45-40/h1-24H. The zero-order chi connectivity index (χ0) is 29.5. The fourth-order valence-electron chi connectivity index (χ4n) is 7.03. The van der Waals surface area contributed by atoms with E-state index in [1.165, 1.54) is 32.3 Å². The lowest BCUT2D eigenvalue weighted by Gasteiger charge is -2.11. The van der Waals surface area contributed by atoms with Crippen LogP contribution in [0.2, 0.25) is 0 Å². The number of rotatable bonds is 3. The molecule has 0 aliphatic rings. The van der Waals surface area contributed by atoms with E-state index in [1.54, 1.807) is 0 Å². The highest BCUT2D eigenvalue weighted by atomic mass is 16.3. The number of hydrogen-bond donors (Lipinski definition) is 0. The number of hydrogen-bond acceptors (Lipinski definition) is 3. The normalized spacial score (nSPS) is 12.0. The maximum atomic E-state index is 6.18. The summed E-state index contributed by atoms with van der Waals surface area (Å²) in [7, 11) is 0. The van der Waals surface area contributed by atoms with Gasteiger partial charge >= 0.3 is 0 Å². The minimum atomic E-state index is 0.618. The van der Waals surface area contributed by atoms with Gasteiger partial charge in [-0.2, -0.15) is 0 Å². The summed E-state index contributed by atoms with van der Waals surface area (Å²) in [5, 5.41) is 7.28. The summed E-state index contributed by atoms with van der Waals surface area (Å²) in [5.74, 6) is 1.51. The van der Waals surface area contributed by atoms with E-state index < -0.39 is 0 Å². The minimum Gasteiger partial charge on any atom is -0.436 e. The fourth-order valence-corrected chi connectivity index (χ4v) is 7.03. The topological polar surface area (TPSA) is 48.8 Å². The van der Waals surface area contributed by atoms with Gasteiger partial charge in [0, 0.05) is 39.0 Å². The van der Waals surface area contributed by atoms with Crippen molar-refractivity contribution in [3.63, 3.8) is 0 Å². The van der Waals surface area contributed by atoms with Crippen LogP contribution in [0.1, 0.15) is 0 Å². The van der Waals surface area contributed by atoms with Crippen molar-refractivity contribution in [2.75, 3.05) is 0 Å². The van der Waals surface area contributed by atoms with Crippen LogP contribution in [0.3, 0.4) is 0 Å². The number of nitrogens with zero attached hydrogens (tertiary/aromatic N) is 4. The molecule has 0 aliphatic carbocycles. The molecule has 6 aromatic carbocycles. The lowest BCUT2D eigenvalue weighted by Crippen LogP contribution is -1.98. The molecule has 0 unspecified atom stereocenters. The van der Waals surface area contributed by atoms with Gasteiger partial charge in [0.2, 0.25) is 5.89 Å². The van der Waals surface area contributed by atoms with Crippen LogP contribution >= 0.6 is 0 Å². The summed E-state index contributed by atoms with van der Waals surface area (Å²) in [6, 6.07) is 48.9. The van der Waals surface area contributed by atoms with Gasteiger partial charge in [-0.15, -0.1) is 0 Å². The summed E-state index contributed by atoms with van der Waals surface area (Å²) in [4.78, 5) is 9.59. The van der Waals surface area contributed by atoms with E-state index in [1.807, 2.05) is 42.6 Å². The first-order chi connectivity index (χ1) is 22.3. The Hall–Kier alpha value is -6.20. The summed E-state index contributed by atoms with van der Waals surface area (Å²) in [5.41, 5.74) is 8.15. The van der Waals surface area contributed by atoms with E-state index in [4.69, 9.17) is 14.4 Å². The molecule has 4 heterocycles. The van der Waals surface area contributed by atoms with Crippen molar-refractivity contribution < 1.29 is 4.42 Å². The molecular weight excluding hydrogens is 552 g/mol. The molecule has 45 heavy (non-hydrogen) atoms. The SMILES string of the molecule is c1ccc(-n2c3cc(-n4c5ccccc5c5ccc(-c6nc7ccccc7o6)cc54)ccc3c3c4ccccc4ccc32)nc1. The Kier molecular flexibility index (Phi) is 4.93. The maximum Gasteiger partial charge on any atom is 0.227 e. The van der Waals surface area contributed by atoms with E-state index in [-0.39, 0.29) is 0 Å². The van der Waals surface area contributed by atoms with Crippen LogP contribution < -0.4 is 0 Å². The molecule has 10 aromatic rings. The molecule has 0 saturated heterocycles. The number of para-hydroxylation sites is 3. The van der Waals surface area contributed by atoms with Gasteiger partial charge in [0.25, 0.3) is 0 Å². The number of pyridine rings is 1. The molecule has 5 heteroatoms. The van der Waals surface area contributed by atoms with Crippen LogP contribution in [0.25, 0.3) is 88.4 Å². The zero-order valence-electron chi connectivity index (χ0n) is 24.1. The maximum absolute atomic E-state index is 6.18. The van der Waals surface area contributed by atoms with E-state index >= 15 is 0 Å². The molecular formula is C40H24N4O. The Morgan fingerprint density at radius 1 is 0.511 bits per heavy atom. The predicted octanol–water partition coefficient (Wildman–Crippen LogP) is 10.2. The number of fused-ring (bicyclic) bond motifs is 9. The van der Waals surface area contributed by atoms with Crippen molar-refractivity contribution in [3.05, 3.63) is 146 Å². The van der Waals surface area contributed by atoms with Crippen molar-refractivity contribution in [1.29, 1.82) is 0 Å². The molecule has 0 bridgehead atoms. The van der Waals surface area contributed by atoms with Gasteiger partial charge in [0.1, 0.15) is 11.3 Å². The van der Waals surface area contributed by atoms with Crippen LogP contribution in [-0.4, -0.2) is 19.1 Å². The van der Waals surface area contributed by atoms with Gasteiger partial charge in [0.05, 0.1) is 22.1 Å². The highest BCUT2D eigenvalue weighted by Gasteiger charge is 2.19. The molecule has 5 nitrogen and oxygen atoms in total. The van der Waals surface area contributed by atoms with Crippen LogP contribution in [0.5, 0.6) is 0 Å². The lowest BCUT2D eigenvalue weighted by atomic mass is 10.0. The van der Waals surface area contributed by atoms with Gasteiger partial charge < -0.3 is 8.98 Å². The molecule has 0 spiro atoms. The Morgan fingerprint density at radius 2 is 1.29 bits per heavy atom. The van der Waals surface area contributed by atoms with Gasteiger partial charge in [-0.3, -0.25) is 4.57 Å². The van der Waals surface area contributed by atoms with Crippen LogP contribution in [-0.2, 0) is 0 Å². The molecule has 0 N–H and O–H groups in total. The Balaban J connectivity index is 1.29. The summed E-state index contributed by atoms with van der Waals surface area (Å²) >= 11 is 0. The fraction of sp³-hybridized carbons (Fsp3) is 0. The van der Waals surface area contributed by atoms with Crippen molar-refractivity contribution in [1.82, 2.24) is 19.1 Å². The number of oxazole rings is 1. The molecule has 0 radical (unpaired) electrons. The van der Waals surface area contributed by atoms with Crippen LogP contribution in [0.4, 0.5) is 0 Å². The molecule has 0 amide bonds. The molecule has 0 fully saturated rings. The molecule has 0 atom stereocenters. The van der Waals surface area contributed by atoms with Gasteiger partial charge in [-0.1, -0.05) is 78.9 Å². The Bertz CT molecular complexity index is 2730. The van der Waals surface area contributed by atoms with Crippen molar-refractivity contribution >= 4 is 65.5 Å². The third-order valence-electron chi connectivity index (χ3n) is 8.99. The molecule has 4 aromatic heterocycles. The minimum absolute atomic E-state index is 0.618. The summed E-state index contributed by atoms with van der Waals surface area (Å²) < 4.78 is 10.8. The predicted molar refractivity (Wildman–Crippen MR) is 183 cm³/mol. The molecule has 10 rings (SSSR count). The van der Waals surface area contributed by atoms with E-state index in [9.17, 15) is 0 Å². The smallest absolute Gasteiger partial charge is 0.227 e. The first kappa shape index (κ1) is 24.3. The summed E-state index contributed by atoms with van der Waals surface area (Å²) in [6.07, 6.45) is 1.86. The largest absolute Gasteiger partial charge is 0.436 e. The second kappa shape index (κ2) is 9.15. The van der Waals surface area contributed by atoms with Gasteiger partial charge in [-0.25, -0.2) is 9.97 Å². The summed E-state index contributed by atoms with van der Waals surface area (Å²) in [6.45, 7) is 0. The number of benzene rings is 6. The Morgan fingerprint density at radius 3 is 2.20 bits per heavy atom. The van der Waals surface area contributed by atoms with Crippen molar-refractivity contribution in [2.45, 2.75) is 0 Å². The molecule has 0 aliphatic heterocycles. The van der Waals surface area contributed by atoms with Crippen LogP contribution in [0.15, 0.2) is 150 Å². The van der Waals surface area contributed by atoms with Crippen LogP contribution in [0, 0.1) is 0 Å². The zero-order valence-corrected chi connectivity index (χ0v) is 24.1. The lowest BCUT2D eigenvalue weighted by molar-refractivity contribution is 0.620. The third-order valence-corrected chi connectivity index (χ3v) is 8.99. The van der Waals surface area contributed by atoms with E-state index in [0.29, 0.717) is 5.89 Å². The average molecular weight is 577 g/mol. The highest BCUT2D eigenvalue weighted by molar-refractivity contribution is 6.21. The van der Waals surface area contributed by atoms with E-state index in [2.05, 4.69) is 112 Å². The first-order valence-corrected chi connectivity index (χ1v) is 15.1. The molecule has 0 saturated carbocycles. The van der Waals surface area contributed by atoms with Gasteiger partial charge in [0.15, 0.2) is 5.58 Å². The van der Waals surface area contributed by atoms with Crippen molar-refractivity contribution in [2.24, 2.45) is 0 Å². The van der Waals surface area contributed by atoms with Gasteiger partial charge in [-0.05, 0) is 71.4 Å². The highest BCUT2D eigenvalue weighted by Crippen LogP contribution is 2.40.